The number of nitrogens with two attached hydrogens (primary N) is 1. The van der Waals surface area contributed by atoms with Crippen LogP contribution in [0.4, 0.5) is 11.5 Å². The Bertz CT molecular complexity index is 326. The van der Waals surface area contributed by atoms with Gasteiger partial charge in [-0.15, -0.1) is 0 Å². The fourth-order valence-electron chi connectivity index (χ4n) is 1.87. The van der Waals surface area contributed by atoms with Crippen LogP contribution < -0.4 is 16.6 Å². The highest BCUT2D eigenvalue weighted by Gasteiger charge is 2.14. The number of hydrazine groups is 1. The summed E-state index contributed by atoms with van der Waals surface area (Å²) in [5.41, 5.74) is 3.55. The number of nitrogen functional groups attached to an aromatic ring is 1. The molecule has 1 unspecified atom stereocenters. The molecule has 5 heteroatoms. The summed E-state index contributed by atoms with van der Waals surface area (Å²) in [7, 11) is 0. The van der Waals surface area contributed by atoms with E-state index in [1.54, 1.807) is 6.20 Å². The van der Waals surface area contributed by atoms with Gasteiger partial charge in [-0.1, -0.05) is 0 Å². The molecule has 1 atom stereocenters. The molecule has 2 heterocycles. The Balaban J connectivity index is 1.75. The molecular weight excluding hydrogens is 204 g/mol. The first kappa shape index (κ1) is 11.2. The standard InChI is InChI=1S/C11H18N4O/c12-15-11-8-9(3-5-14-11)13-6-4-10-2-1-7-16-10/h3,5,8,10H,1-2,4,6-7,12H2,(H2,13,14,15). The van der Waals surface area contributed by atoms with Crippen LogP contribution in [0.3, 0.4) is 0 Å². The van der Waals surface area contributed by atoms with Crippen molar-refractivity contribution in [3.63, 3.8) is 0 Å². The lowest BCUT2D eigenvalue weighted by Crippen LogP contribution is -2.13. The number of pyridine rings is 1. The van der Waals surface area contributed by atoms with Gasteiger partial charge in [0, 0.05) is 31.1 Å². The summed E-state index contributed by atoms with van der Waals surface area (Å²) in [6.45, 7) is 1.83. The molecule has 1 aromatic heterocycles. The Morgan fingerprint density at radius 2 is 2.50 bits per heavy atom. The molecular formula is C11H18N4O. The summed E-state index contributed by atoms with van der Waals surface area (Å²) in [5.74, 6) is 5.96. The molecule has 0 aliphatic carbocycles. The van der Waals surface area contributed by atoms with Crippen molar-refractivity contribution in [2.24, 2.45) is 5.84 Å². The predicted octanol–water partition coefficient (Wildman–Crippen LogP) is 1.35. The van der Waals surface area contributed by atoms with Crippen LogP contribution in [0.25, 0.3) is 0 Å². The number of nitrogens with zero attached hydrogens (tertiary/aromatic N) is 1. The molecule has 16 heavy (non-hydrogen) atoms. The SMILES string of the molecule is NNc1cc(NCCC2CCCO2)ccn1. The van der Waals surface area contributed by atoms with Crippen LogP contribution in [0.15, 0.2) is 18.3 Å². The Hall–Kier alpha value is -1.33. The first-order valence-corrected chi connectivity index (χ1v) is 5.66. The molecule has 0 spiro atoms. The molecule has 2 rings (SSSR count). The maximum atomic E-state index is 5.55. The molecule has 1 fully saturated rings. The van der Waals surface area contributed by atoms with E-state index in [2.05, 4.69) is 15.7 Å². The molecule has 5 nitrogen and oxygen atoms in total. The van der Waals surface area contributed by atoms with E-state index >= 15 is 0 Å². The van der Waals surface area contributed by atoms with Crippen molar-refractivity contribution in [2.75, 3.05) is 23.9 Å². The molecule has 0 amide bonds. The lowest BCUT2D eigenvalue weighted by molar-refractivity contribution is 0.107. The Labute approximate surface area is 95.4 Å². The first-order chi connectivity index (χ1) is 7.88. The number of aromatic nitrogens is 1. The van der Waals surface area contributed by atoms with Gasteiger partial charge in [0.2, 0.25) is 0 Å². The number of rotatable bonds is 5. The minimum atomic E-state index is 0.432. The number of anilines is 2. The van der Waals surface area contributed by atoms with E-state index in [4.69, 9.17) is 10.6 Å². The molecule has 1 aliphatic rings. The molecule has 0 aromatic carbocycles. The van der Waals surface area contributed by atoms with Gasteiger partial charge in [0.05, 0.1) is 6.10 Å². The number of ether oxygens (including phenoxy) is 1. The molecule has 88 valence electrons. The first-order valence-electron chi connectivity index (χ1n) is 5.66. The van der Waals surface area contributed by atoms with Crippen molar-refractivity contribution >= 4 is 11.5 Å². The Morgan fingerprint density at radius 3 is 3.25 bits per heavy atom. The second-order valence-corrected chi connectivity index (χ2v) is 3.92. The normalized spacial score (nSPS) is 19.7. The van der Waals surface area contributed by atoms with Gasteiger partial charge >= 0.3 is 0 Å². The van der Waals surface area contributed by atoms with Crippen LogP contribution in [0.2, 0.25) is 0 Å². The van der Waals surface area contributed by atoms with Gasteiger partial charge in [-0.3, -0.25) is 0 Å². The zero-order valence-electron chi connectivity index (χ0n) is 9.28. The lowest BCUT2D eigenvalue weighted by atomic mass is 10.2. The topological polar surface area (TPSA) is 72.2 Å². The number of hydrogen-bond acceptors (Lipinski definition) is 5. The molecule has 1 aliphatic heterocycles. The van der Waals surface area contributed by atoms with Crippen LogP contribution >= 0.6 is 0 Å². The molecule has 1 saturated heterocycles. The second kappa shape index (κ2) is 5.67. The zero-order valence-corrected chi connectivity index (χ0v) is 9.28. The van der Waals surface area contributed by atoms with Crippen LogP contribution in [-0.4, -0.2) is 24.2 Å². The number of nitrogens with one attached hydrogen (secondary N) is 2. The fourth-order valence-corrected chi connectivity index (χ4v) is 1.87. The molecule has 1 aromatic rings. The minimum absolute atomic E-state index is 0.432. The summed E-state index contributed by atoms with van der Waals surface area (Å²) >= 11 is 0. The second-order valence-electron chi connectivity index (χ2n) is 3.92. The van der Waals surface area contributed by atoms with Crippen molar-refractivity contribution < 1.29 is 4.74 Å². The van der Waals surface area contributed by atoms with Gasteiger partial charge in [0.1, 0.15) is 5.82 Å². The smallest absolute Gasteiger partial charge is 0.141 e. The van der Waals surface area contributed by atoms with E-state index in [9.17, 15) is 0 Å². The highest BCUT2D eigenvalue weighted by molar-refractivity contribution is 5.51. The van der Waals surface area contributed by atoms with Crippen molar-refractivity contribution in [3.8, 4) is 0 Å². The van der Waals surface area contributed by atoms with Crippen molar-refractivity contribution in [2.45, 2.75) is 25.4 Å². The van der Waals surface area contributed by atoms with E-state index in [0.717, 1.165) is 25.3 Å². The van der Waals surface area contributed by atoms with Gasteiger partial charge in [-0.05, 0) is 25.3 Å². The predicted molar refractivity (Wildman–Crippen MR) is 64.1 cm³/mol. The fraction of sp³-hybridized carbons (Fsp3) is 0.545. The van der Waals surface area contributed by atoms with Crippen LogP contribution in [0.1, 0.15) is 19.3 Å². The van der Waals surface area contributed by atoms with Gasteiger partial charge in [0.25, 0.3) is 0 Å². The summed E-state index contributed by atoms with van der Waals surface area (Å²) in [4.78, 5) is 4.04. The monoisotopic (exact) mass is 222 g/mol. The third kappa shape index (κ3) is 3.08. The van der Waals surface area contributed by atoms with Crippen LogP contribution in [0, 0.1) is 0 Å². The van der Waals surface area contributed by atoms with E-state index in [0.29, 0.717) is 11.9 Å². The van der Waals surface area contributed by atoms with E-state index < -0.39 is 0 Å². The third-order valence-electron chi connectivity index (χ3n) is 2.73. The van der Waals surface area contributed by atoms with Crippen molar-refractivity contribution in [1.29, 1.82) is 0 Å². The van der Waals surface area contributed by atoms with E-state index in [1.165, 1.54) is 12.8 Å². The average Bonchev–Trinajstić information content (AvgIpc) is 2.82. The van der Waals surface area contributed by atoms with Crippen LogP contribution in [-0.2, 0) is 4.74 Å². The molecule has 0 bridgehead atoms. The summed E-state index contributed by atoms with van der Waals surface area (Å²) in [5, 5.41) is 3.33. The zero-order chi connectivity index (χ0) is 11.2. The highest BCUT2D eigenvalue weighted by Crippen LogP contribution is 2.16. The summed E-state index contributed by atoms with van der Waals surface area (Å²) in [6.07, 6.45) is 5.59. The molecule has 0 radical (unpaired) electrons. The lowest BCUT2D eigenvalue weighted by Gasteiger charge is -2.11. The third-order valence-corrected chi connectivity index (χ3v) is 2.73. The quantitative estimate of drug-likeness (QED) is 0.518. The van der Waals surface area contributed by atoms with Gasteiger partial charge in [-0.25, -0.2) is 10.8 Å². The van der Waals surface area contributed by atoms with E-state index in [-0.39, 0.29) is 0 Å². The van der Waals surface area contributed by atoms with Gasteiger partial charge < -0.3 is 15.5 Å². The summed E-state index contributed by atoms with van der Waals surface area (Å²) < 4.78 is 5.55. The molecule has 0 saturated carbocycles. The largest absolute Gasteiger partial charge is 0.385 e. The minimum Gasteiger partial charge on any atom is -0.385 e. The Kier molecular flexibility index (Phi) is 3.96. The van der Waals surface area contributed by atoms with Gasteiger partial charge in [-0.2, -0.15) is 0 Å². The Morgan fingerprint density at radius 1 is 1.56 bits per heavy atom. The number of hydrogen-bond donors (Lipinski definition) is 3. The van der Waals surface area contributed by atoms with Crippen molar-refractivity contribution in [3.05, 3.63) is 18.3 Å². The van der Waals surface area contributed by atoms with E-state index in [1.807, 2.05) is 12.1 Å². The van der Waals surface area contributed by atoms with Crippen molar-refractivity contribution in [1.82, 2.24) is 4.98 Å². The maximum Gasteiger partial charge on any atom is 0.141 e. The van der Waals surface area contributed by atoms with Crippen LogP contribution in [0.5, 0.6) is 0 Å². The summed E-state index contributed by atoms with van der Waals surface area (Å²) in [6, 6.07) is 3.81. The average molecular weight is 222 g/mol. The highest BCUT2D eigenvalue weighted by atomic mass is 16.5. The maximum absolute atomic E-state index is 5.55. The molecule has 4 N–H and O–H groups in total. The van der Waals surface area contributed by atoms with Gasteiger partial charge in [0.15, 0.2) is 0 Å².